The molecule has 4 nitrogen and oxygen atoms in total. The molecule has 0 amide bonds. The Balaban J connectivity index is 2.09. The van der Waals surface area contributed by atoms with Gasteiger partial charge in [0.15, 0.2) is 5.96 Å². The summed E-state index contributed by atoms with van der Waals surface area (Å²) in [6, 6.07) is 8.65. The van der Waals surface area contributed by atoms with Crippen LogP contribution in [0.1, 0.15) is 5.56 Å². The van der Waals surface area contributed by atoms with Crippen LogP contribution in [0.5, 0.6) is 0 Å². The lowest BCUT2D eigenvalue weighted by Crippen LogP contribution is -2.35. The van der Waals surface area contributed by atoms with E-state index < -0.39 is 0 Å². The third-order valence-corrected chi connectivity index (χ3v) is 3.30. The molecule has 20 heavy (non-hydrogen) atoms. The van der Waals surface area contributed by atoms with Crippen LogP contribution in [0.2, 0.25) is 0 Å². The zero-order valence-corrected chi connectivity index (χ0v) is 12.9. The predicted molar refractivity (Wildman–Crippen MR) is 86.3 cm³/mol. The third-order valence-electron chi connectivity index (χ3n) is 3.30. The minimum atomic E-state index is 0.709. The van der Waals surface area contributed by atoms with Crippen molar-refractivity contribution in [1.29, 1.82) is 0 Å². The summed E-state index contributed by atoms with van der Waals surface area (Å²) in [5.74, 6) is 0.984. The van der Waals surface area contributed by atoms with E-state index in [4.69, 9.17) is 4.99 Å². The second-order valence-corrected chi connectivity index (χ2v) is 5.45. The van der Waals surface area contributed by atoms with Crippen LogP contribution in [0, 0.1) is 0 Å². The first-order chi connectivity index (χ1) is 9.58. The Bertz CT molecular complexity index is 485. The molecule has 0 aliphatic carbocycles. The molecular formula is C16H24N4. The van der Waals surface area contributed by atoms with Crippen LogP contribution < -0.4 is 4.90 Å². The lowest BCUT2D eigenvalue weighted by molar-refractivity contribution is 0.479. The van der Waals surface area contributed by atoms with Gasteiger partial charge in [0, 0.05) is 47.0 Å². The van der Waals surface area contributed by atoms with E-state index in [-0.39, 0.29) is 0 Å². The lowest BCUT2D eigenvalue weighted by atomic mass is 10.2. The SMILES string of the molecule is CN(C)C(=NCc1cccc(N2CC=CC2)c1)N(C)C. The first kappa shape index (κ1) is 14.4. The van der Waals surface area contributed by atoms with Crippen LogP contribution in [-0.2, 0) is 6.54 Å². The van der Waals surface area contributed by atoms with Gasteiger partial charge in [-0.3, -0.25) is 0 Å². The molecule has 0 spiro atoms. The number of hydrogen-bond donors (Lipinski definition) is 0. The van der Waals surface area contributed by atoms with E-state index >= 15 is 0 Å². The molecule has 1 heterocycles. The van der Waals surface area contributed by atoms with Gasteiger partial charge in [-0.05, 0) is 17.7 Å². The molecule has 1 aliphatic rings. The molecule has 2 rings (SSSR count). The number of hydrogen-bond acceptors (Lipinski definition) is 2. The minimum absolute atomic E-state index is 0.709. The van der Waals surface area contributed by atoms with Crippen molar-refractivity contribution in [1.82, 2.24) is 9.80 Å². The van der Waals surface area contributed by atoms with Gasteiger partial charge >= 0.3 is 0 Å². The molecule has 108 valence electrons. The molecule has 0 aromatic heterocycles. The van der Waals surface area contributed by atoms with Gasteiger partial charge in [0.25, 0.3) is 0 Å². The minimum Gasteiger partial charge on any atom is -0.364 e. The topological polar surface area (TPSA) is 22.1 Å². The molecule has 1 aliphatic heterocycles. The zero-order valence-electron chi connectivity index (χ0n) is 12.9. The quantitative estimate of drug-likeness (QED) is 0.477. The van der Waals surface area contributed by atoms with Crippen molar-refractivity contribution in [3.05, 3.63) is 42.0 Å². The molecule has 0 unspecified atom stereocenters. The molecule has 0 N–H and O–H groups in total. The van der Waals surface area contributed by atoms with Gasteiger partial charge in [-0.1, -0.05) is 24.3 Å². The monoisotopic (exact) mass is 272 g/mol. The smallest absolute Gasteiger partial charge is 0.195 e. The maximum Gasteiger partial charge on any atom is 0.195 e. The maximum atomic E-state index is 4.70. The summed E-state index contributed by atoms with van der Waals surface area (Å²) in [4.78, 5) is 11.1. The van der Waals surface area contributed by atoms with E-state index in [2.05, 4.69) is 41.3 Å². The standard InChI is InChI=1S/C16H24N4/c1-18(2)16(19(3)4)17-13-14-8-7-9-15(12-14)20-10-5-6-11-20/h5-9,12H,10-11,13H2,1-4H3. The van der Waals surface area contributed by atoms with E-state index in [1.54, 1.807) is 0 Å². The zero-order chi connectivity index (χ0) is 14.5. The Hall–Kier alpha value is -1.97. The predicted octanol–water partition coefficient (Wildman–Crippen LogP) is 2.04. The number of guanidine groups is 1. The van der Waals surface area contributed by atoms with Crippen molar-refractivity contribution in [2.24, 2.45) is 4.99 Å². The highest BCUT2D eigenvalue weighted by Crippen LogP contribution is 2.19. The second-order valence-electron chi connectivity index (χ2n) is 5.45. The third kappa shape index (κ3) is 3.53. The van der Waals surface area contributed by atoms with Crippen LogP contribution >= 0.6 is 0 Å². The average Bonchev–Trinajstić information content (AvgIpc) is 2.92. The molecule has 0 saturated heterocycles. The summed E-state index contributed by atoms with van der Waals surface area (Å²) in [5.41, 5.74) is 2.52. The van der Waals surface area contributed by atoms with Gasteiger partial charge < -0.3 is 14.7 Å². The largest absolute Gasteiger partial charge is 0.364 e. The van der Waals surface area contributed by atoms with Gasteiger partial charge in [-0.25, -0.2) is 4.99 Å². The number of rotatable bonds is 3. The number of nitrogens with zero attached hydrogens (tertiary/aromatic N) is 4. The van der Waals surface area contributed by atoms with Crippen LogP contribution in [0.4, 0.5) is 5.69 Å². The average molecular weight is 272 g/mol. The van der Waals surface area contributed by atoms with E-state index in [0.29, 0.717) is 6.54 Å². The molecule has 0 radical (unpaired) electrons. The normalized spacial score (nSPS) is 13.5. The summed E-state index contributed by atoms with van der Waals surface area (Å²) < 4.78 is 0. The van der Waals surface area contributed by atoms with E-state index in [1.807, 2.05) is 38.0 Å². The van der Waals surface area contributed by atoms with Crippen molar-refractivity contribution >= 4 is 11.6 Å². The summed E-state index contributed by atoms with van der Waals surface area (Å²) in [6.07, 6.45) is 4.42. The number of anilines is 1. The van der Waals surface area contributed by atoms with E-state index in [9.17, 15) is 0 Å². The fraction of sp³-hybridized carbons (Fsp3) is 0.438. The molecule has 1 aromatic rings. The highest BCUT2D eigenvalue weighted by Gasteiger charge is 2.08. The molecule has 4 heteroatoms. The van der Waals surface area contributed by atoms with Gasteiger partial charge in [0.1, 0.15) is 0 Å². The molecular weight excluding hydrogens is 248 g/mol. The second kappa shape index (κ2) is 6.46. The Morgan fingerprint density at radius 1 is 1.10 bits per heavy atom. The molecule has 0 bridgehead atoms. The fourth-order valence-electron chi connectivity index (χ4n) is 2.39. The molecule has 0 saturated carbocycles. The highest BCUT2D eigenvalue weighted by atomic mass is 15.3. The van der Waals surface area contributed by atoms with Crippen molar-refractivity contribution in [3.8, 4) is 0 Å². The number of benzene rings is 1. The highest BCUT2D eigenvalue weighted by molar-refractivity contribution is 5.79. The van der Waals surface area contributed by atoms with Crippen LogP contribution in [0.25, 0.3) is 0 Å². The van der Waals surface area contributed by atoms with Crippen molar-refractivity contribution < 1.29 is 0 Å². The Labute approximate surface area is 122 Å². The van der Waals surface area contributed by atoms with Gasteiger partial charge in [-0.2, -0.15) is 0 Å². The Morgan fingerprint density at radius 2 is 1.75 bits per heavy atom. The molecule has 0 atom stereocenters. The van der Waals surface area contributed by atoms with Gasteiger partial charge in [-0.15, -0.1) is 0 Å². The van der Waals surface area contributed by atoms with Crippen LogP contribution in [0.3, 0.4) is 0 Å². The maximum absolute atomic E-state index is 4.70. The molecule has 1 aromatic carbocycles. The first-order valence-electron chi connectivity index (χ1n) is 6.96. The Kier molecular flexibility index (Phi) is 4.66. The van der Waals surface area contributed by atoms with E-state index in [0.717, 1.165) is 19.0 Å². The van der Waals surface area contributed by atoms with Crippen molar-refractivity contribution in [2.45, 2.75) is 6.54 Å². The van der Waals surface area contributed by atoms with Gasteiger partial charge in [0.05, 0.1) is 6.54 Å². The summed E-state index contributed by atoms with van der Waals surface area (Å²) >= 11 is 0. The van der Waals surface area contributed by atoms with Crippen LogP contribution in [0.15, 0.2) is 41.4 Å². The summed E-state index contributed by atoms with van der Waals surface area (Å²) in [6.45, 7) is 2.72. The van der Waals surface area contributed by atoms with Crippen LogP contribution in [-0.4, -0.2) is 57.0 Å². The first-order valence-corrected chi connectivity index (χ1v) is 6.96. The Morgan fingerprint density at radius 3 is 2.35 bits per heavy atom. The van der Waals surface area contributed by atoms with Crippen molar-refractivity contribution in [2.75, 3.05) is 46.2 Å². The number of aliphatic imine (C=N–C) groups is 1. The molecule has 0 fully saturated rings. The van der Waals surface area contributed by atoms with E-state index in [1.165, 1.54) is 11.3 Å². The van der Waals surface area contributed by atoms with Gasteiger partial charge in [0.2, 0.25) is 0 Å². The summed E-state index contributed by atoms with van der Waals surface area (Å²) in [5, 5.41) is 0. The van der Waals surface area contributed by atoms with Crippen molar-refractivity contribution in [3.63, 3.8) is 0 Å². The summed E-state index contributed by atoms with van der Waals surface area (Å²) in [7, 11) is 8.08. The lowest BCUT2D eigenvalue weighted by Gasteiger charge is -2.23. The fourth-order valence-corrected chi connectivity index (χ4v) is 2.39.